The van der Waals surface area contributed by atoms with Gasteiger partial charge in [-0.2, -0.15) is 18.3 Å². The van der Waals surface area contributed by atoms with E-state index in [9.17, 15) is 27.6 Å². The molecule has 0 unspecified atom stereocenters. The molecule has 0 spiro atoms. The van der Waals surface area contributed by atoms with Gasteiger partial charge in [-0.15, -0.1) is 0 Å². The number of nitrogens with zero attached hydrogens (tertiary/aromatic N) is 5. The van der Waals surface area contributed by atoms with Gasteiger partial charge in [0.05, 0.1) is 28.7 Å². The fourth-order valence-corrected chi connectivity index (χ4v) is 5.05. The average molecular weight is 604 g/mol. The molecule has 2 aromatic carbocycles. The van der Waals surface area contributed by atoms with Crippen molar-refractivity contribution < 1.29 is 22.8 Å². The number of halogens is 3. The summed E-state index contributed by atoms with van der Waals surface area (Å²) in [5.74, 6) is -0.777. The number of alkyl halides is 3. The van der Waals surface area contributed by atoms with E-state index in [4.69, 9.17) is 4.98 Å². The van der Waals surface area contributed by atoms with E-state index in [0.29, 0.717) is 40.3 Å². The molecule has 44 heavy (non-hydrogen) atoms. The Morgan fingerprint density at radius 3 is 2.39 bits per heavy atom. The zero-order valence-electron chi connectivity index (χ0n) is 24.1. The molecule has 3 heterocycles. The summed E-state index contributed by atoms with van der Waals surface area (Å²) in [7, 11) is 1.73. The van der Waals surface area contributed by atoms with Crippen LogP contribution in [-0.2, 0) is 35.8 Å². The van der Waals surface area contributed by atoms with Gasteiger partial charge >= 0.3 is 6.18 Å². The zero-order chi connectivity index (χ0) is 31.8. The van der Waals surface area contributed by atoms with Gasteiger partial charge in [-0.1, -0.05) is 31.7 Å². The number of carbonyl (C=O) groups excluding carboxylic acids is 2. The van der Waals surface area contributed by atoms with Crippen LogP contribution < -0.4 is 16.2 Å². The summed E-state index contributed by atoms with van der Waals surface area (Å²) in [5, 5.41) is 9.61. The first-order chi connectivity index (χ1) is 20.9. The van der Waals surface area contributed by atoms with Crippen molar-refractivity contribution in [1.82, 2.24) is 23.7 Å². The Kier molecular flexibility index (Phi) is 7.96. The number of aryl methyl sites for hydroxylation is 2. The summed E-state index contributed by atoms with van der Waals surface area (Å²) in [5.41, 5.74) is 2.12. The predicted octanol–water partition coefficient (Wildman–Crippen LogP) is 5.22. The maximum atomic E-state index is 14.4. The quantitative estimate of drug-likeness (QED) is 0.236. The van der Waals surface area contributed by atoms with Crippen molar-refractivity contribution in [3.63, 3.8) is 0 Å². The van der Waals surface area contributed by atoms with Crippen molar-refractivity contribution in [2.75, 3.05) is 10.6 Å². The van der Waals surface area contributed by atoms with Gasteiger partial charge < -0.3 is 15.2 Å². The number of nitrogens with one attached hydrogen (secondary N) is 2. The van der Waals surface area contributed by atoms with Crippen LogP contribution in [0.2, 0.25) is 0 Å². The number of benzene rings is 2. The van der Waals surface area contributed by atoms with Gasteiger partial charge in [0.15, 0.2) is 0 Å². The van der Waals surface area contributed by atoms with Crippen LogP contribution in [0.5, 0.6) is 0 Å². The van der Waals surface area contributed by atoms with Gasteiger partial charge in [-0.05, 0) is 49.8 Å². The molecule has 0 aliphatic rings. The number of aromatic nitrogens is 5. The van der Waals surface area contributed by atoms with Crippen LogP contribution in [0.15, 0.2) is 78.4 Å². The number of para-hydroxylation sites is 1. The normalized spacial score (nSPS) is 11.5. The minimum Gasteiger partial charge on any atom is -0.325 e. The van der Waals surface area contributed by atoms with Crippen LogP contribution >= 0.6 is 0 Å². The van der Waals surface area contributed by atoms with E-state index in [-0.39, 0.29) is 23.6 Å². The molecule has 0 atom stereocenters. The summed E-state index contributed by atoms with van der Waals surface area (Å²) in [6, 6.07) is 11.0. The molecular weight excluding hydrogens is 575 g/mol. The molecule has 3 aromatic heterocycles. The van der Waals surface area contributed by atoms with Gasteiger partial charge in [0.2, 0.25) is 17.6 Å². The number of anilines is 2. The minimum atomic E-state index is -4.50. The van der Waals surface area contributed by atoms with Crippen LogP contribution in [0, 0.1) is 6.92 Å². The lowest BCUT2D eigenvalue weighted by Crippen LogP contribution is -2.23. The molecule has 13 heteroatoms. The van der Waals surface area contributed by atoms with Crippen LogP contribution in [0.25, 0.3) is 28.2 Å². The molecule has 5 aromatic rings. The number of hydrogen-bond acceptors (Lipinski definition) is 5. The Labute approximate surface area is 249 Å². The monoisotopic (exact) mass is 603 g/mol. The molecule has 0 saturated carbocycles. The lowest BCUT2D eigenvalue weighted by Gasteiger charge is -2.14. The number of hydrogen-bond donors (Lipinski definition) is 2. The first-order valence-electron chi connectivity index (χ1n) is 13.6. The van der Waals surface area contributed by atoms with Crippen molar-refractivity contribution >= 4 is 29.0 Å². The third-order valence-corrected chi connectivity index (χ3v) is 7.10. The second kappa shape index (κ2) is 11.7. The van der Waals surface area contributed by atoms with E-state index < -0.39 is 29.1 Å². The highest BCUT2D eigenvalue weighted by atomic mass is 19.4. The van der Waals surface area contributed by atoms with E-state index in [1.54, 1.807) is 59.9 Å². The van der Waals surface area contributed by atoms with Crippen LogP contribution in [0.3, 0.4) is 0 Å². The number of rotatable bonds is 8. The molecule has 5 rings (SSSR count). The third-order valence-electron chi connectivity index (χ3n) is 7.10. The second-order valence-corrected chi connectivity index (χ2v) is 10.0. The molecule has 10 nitrogen and oxygen atoms in total. The van der Waals surface area contributed by atoms with Crippen LogP contribution in [0.1, 0.15) is 23.9 Å². The maximum absolute atomic E-state index is 14.4. The number of fused-ring (bicyclic) bond motifs is 1. The summed E-state index contributed by atoms with van der Waals surface area (Å²) < 4.78 is 43.5. The summed E-state index contributed by atoms with van der Waals surface area (Å²) in [6.07, 6.45) is 0.304. The van der Waals surface area contributed by atoms with Gasteiger partial charge in [0, 0.05) is 41.4 Å². The standard InChI is InChI=1S/C31H28F3N7O3/c1-5-23-27(22-9-7-8-10-24(22)37-25(42)6-2)29(44)41-28(19-15-35-39(4)16-19)18(3)40(30(41)38-23)17-26(43)36-21-13-11-20(12-14-21)31(32,33)34/h6-16H,2,5,17H2,1,3-4H3,(H,36,43)(H,37,42). The maximum Gasteiger partial charge on any atom is 0.416 e. The summed E-state index contributed by atoms with van der Waals surface area (Å²) in [4.78, 5) is 44.6. The van der Waals surface area contributed by atoms with E-state index in [1.165, 1.54) is 16.5 Å². The SMILES string of the molecule is C=CC(=O)Nc1ccccc1-c1c(CC)nc2n(CC(=O)Nc3ccc(C(F)(F)F)cc3)c(C)c(-c3cnn(C)c3)n2c1=O. The van der Waals surface area contributed by atoms with Gasteiger partial charge in [0.1, 0.15) is 6.54 Å². The molecule has 0 aliphatic heterocycles. The Hall–Kier alpha value is -5.46. The molecule has 0 fully saturated rings. The smallest absolute Gasteiger partial charge is 0.325 e. The molecule has 2 amide bonds. The highest BCUT2D eigenvalue weighted by Crippen LogP contribution is 2.32. The number of imidazole rings is 1. The lowest BCUT2D eigenvalue weighted by molar-refractivity contribution is -0.137. The molecule has 226 valence electrons. The Bertz CT molecular complexity index is 1970. The van der Waals surface area contributed by atoms with E-state index in [1.807, 2.05) is 6.92 Å². The Morgan fingerprint density at radius 2 is 1.77 bits per heavy atom. The second-order valence-electron chi connectivity index (χ2n) is 10.0. The molecule has 0 saturated heterocycles. The first-order valence-corrected chi connectivity index (χ1v) is 13.6. The van der Waals surface area contributed by atoms with Gasteiger partial charge in [-0.25, -0.2) is 9.38 Å². The highest BCUT2D eigenvalue weighted by Gasteiger charge is 2.30. The van der Waals surface area contributed by atoms with Crippen molar-refractivity contribution in [1.29, 1.82) is 0 Å². The van der Waals surface area contributed by atoms with Gasteiger partial charge in [-0.3, -0.25) is 19.1 Å². The molecule has 0 bridgehead atoms. The molecule has 0 radical (unpaired) electrons. The number of amides is 2. The molecule has 0 aliphatic carbocycles. The first kappa shape index (κ1) is 30.0. The fraction of sp³-hybridized carbons (Fsp3) is 0.194. The average Bonchev–Trinajstić information content (AvgIpc) is 3.53. The topological polar surface area (TPSA) is 115 Å². The Balaban J connectivity index is 1.66. The summed E-state index contributed by atoms with van der Waals surface area (Å²) in [6.45, 7) is 6.80. The highest BCUT2D eigenvalue weighted by molar-refractivity contribution is 6.02. The van der Waals surface area contributed by atoms with Crippen molar-refractivity contribution in [3.8, 4) is 22.4 Å². The summed E-state index contributed by atoms with van der Waals surface area (Å²) >= 11 is 0. The largest absolute Gasteiger partial charge is 0.416 e. The minimum absolute atomic E-state index is 0.185. The molecule has 2 N–H and O–H groups in total. The fourth-order valence-electron chi connectivity index (χ4n) is 5.05. The zero-order valence-corrected chi connectivity index (χ0v) is 24.1. The van der Waals surface area contributed by atoms with E-state index >= 15 is 0 Å². The van der Waals surface area contributed by atoms with Crippen LogP contribution in [-0.4, -0.2) is 35.5 Å². The van der Waals surface area contributed by atoms with E-state index in [2.05, 4.69) is 22.3 Å². The lowest BCUT2D eigenvalue weighted by atomic mass is 10.0. The van der Waals surface area contributed by atoms with Crippen molar-refractivity contribution in [2.24, 2.45) is 7.05 Å². The number of carbonyl (C=O) groups is 2. The van der Waals surface area contributed by atoms with Crippen molar-refractivity contribution in [2.45, 2.75) is 33.0 Å². The Morgan fingerprint density at radius 1 is 1.07 bits per heavy atom. The van der Waals surface area contributed by atoms with Crippen LogP contribution in [0.4, 0.5) is 24.5 Å². The molecular formula is C31H28F3N7O3. The van der Waals surface area contributed by atoms with Crippen molar-refractivity contribution in [3.05, 3.63) is 101 Å². The third kappa shape index (κ3) is 5.63. The van der Waals surface area contributed by atoms with Gasteiger partial charge in [0.25, 0.3) is 5.56 Å². The van der Waals surface area contributed by atoms with E-state index in [0.717, 1.165) is 18.2 Å². The predicted molar refractivity (Wildman–Crippen MR) is 160 cm³/mol.